The summed E-state index contributed by atoms with van der Waals surface area (Å²) >= 11 is 0. The van der Waals surface area contributed by atoms with E-state index in [1.165, 1.54) is 42.3 Å². The molecule has 0 unspecified atom stereocenters. The predicted molar refractivity (Wildman–Crippen MR) is 93.7 cm³/mol. The van der Waals surface area contributed by atoms with Crippen LogP contribution in [0.1, 0.15) is 20.7 Å². The number of carbonyl (C=O) groups excluding carboxylic acids is 2. The summed E-state index contributed by atoms with van der Waals surface area (Å²) in [4.78, 5) is 23.8. The normalized spacial score (nSPS) is 10.4. The SMILES string of the molecule is COC(=O)c1cnn(-c2ccc(C(=O)Nc3ccc(F)cc3)cc2)c1N. The van der Waals surface area contributed by atoms with Crippen LogP contribution in [0.25, 0.3) is 5.69 Å². The highest BCUT2D eigenvalue weighted by Gasteiger charge is 2.16. The smallest absolute Gasteiger partial charge is 0.343 e. The highest BCUT2D eigenvalue weighted by Crippen LogP contribution is 2.19. The van der Waals surface area contributed by atoms with Crippen molar-refractivity contribution in [2.24, 2.45) is 0 Å². The minimum absolute atomic E-state index is 0.139. The third-order valence-electron chi connectivity index (χ3n) is 3.69. The summed E-state index contributed by atoms with van der Waals surface area (Å²) in [5, 5.41) is 6.73. The van der Waals surface area contributed by atoms with Crippen molar-refractivity contribution in [3.05, 3.63) is 71.7 Å². The molecule has 0 radical (unpaired) electrons. The molecular weight excluding hydrogens is 339 g/mol. The van der Waals surface area contributed by atoms with Crippen molar-refractivity contribution in [1.82, 2.24) is 9.78 Å². The standard InChI is InChI=1S/C18H15FN4O3/c1-26-18(25)15-10-21-23(16(15)20)14-8-2-11(3-9-14)17(24)22-13-6-4-12(19)5-7-13/h2-10H,20H2,1H3,(H,22,24). The zero-order valence-corrected chi connectivity index (χ0v) is 13.8. The summed E-state index contributed by atoms with van der Waals surface area (Å²) in [6, 6.07) is 11.9. The Kier molecular flexibility index (Phi) is 4.66. The second-order valence-corrected chi connectivity index (χ2v) is 5.35. The Bertz CT molecular complexity index is 950. The summed E-state index contributed by atoms with van der Waals surface area (Å²) in [6.07, 6.45) is 1.32. The Morgan fingerprint density at radius 3 is 2.38 bits per heavy atom. The van der Waals surface area contributed by atoms with E-state index < -0.39 is 5.97 Å². The van der Waals surface area contributed by atoms with Crippen LogP contribution in [-0.4, -0.2) is 28.8 Å². The van der Waals surface area contributed by atoms with Gasteiger partial charge in [-0.15, -0.1) is 0 Å². The number of esters is 1. The van der Waals surface area contributed by atoms with Gasteiger partial charge in [0, 0.05) is 11.3 Å². The molecule has 0 aliphatic rings. The number of anilines is 2. The maximum atomic E-state index is 12.9. The molecule has 0 saturated carbocycles. The van der Waals surface area contributed by atoms with Crippen LogP contribution in [0.2, 0.25) is 0 Å². The number of rotatable bonds is 4. The third kappa shape index (κ3) is 3.39. The lowest BCUT2D eigenvalue weighted by Crippen LogP contribution is -2.12. The molecule has 8 heteroatoms. The van der Waals surface area contributed by atoms with E-state index in [-0.39, 0.29) is 23.1 Å². The van der Waals surface area contributed by atoms with E-state index in [0.29, 0.717) is 16.9 Å². The van der Waals surface area contributed by atoms with Crippen molar-refractivity contribution >= 4 is 23.4 Å². The zero-order valence-electron chi connectivity index (χ0n) is 13.8. The van der Waals surface area contributed by atoms with E-state index in [1.54, 1.807) is 24.3 Å². The number of nitrogens with zero attached hydrogens (tertiary/aromatic N) is 2. The molecule has 3 N–H and O–H groups in total. The number of carbonyl (C=O) groups is 2. The van der Waals surface area contributed by atoms with E-state index in [0.717, 1.165) is 0 Å². The van der Waals surface area contributed by atoms with Gasteiger partial charge >= 0.3 is 5.97 Å². The predicted octanol–water partition coefficient (Wildman–Crippen LogP) is 2.63. The number of nitrogen functional groups attached to an aromatic ring is 1. The minimum Gasteiger partial charge on any atom is -0.465 e. The van der Waals surface area contributed by atoms with Crippen LogP contribution in [0.4, 0.5) is 15.9 Å². The summed E-state index contributed by atoms with van der Waals surface area (Å²) in [5.74, 6) is -1.16. The Morgan fingerprint density at radius 1 is 1.12 bits per heavy atom. The van der Waals surface area contributed by atoms with Gasteiger partial charge < -0.3 is 15.8 Å². The molecule has 0 spiro atoms. The molecule has 1 amide bonds. The molecule has 1 aromatic heterocycles. The first-order valence-electron chi connectivity index (χ1n) is 7.59. The van der Waals surface area contributed by atoms with Gasteiger partial charge in [-0.3, -0.25) is 4.79 Å². The molecule has 3 aromatic rings. The number of methoxy groups -OCH3 is 1. The van der Waals surface area contributed by atoms with Gasteiger partial charge in [0.2, 0.25) is 0 Å². The van der Waals surface area contributed by atoms with E-state index in [9.17, 15) is 14.0 Å². The Morgan fingerprint density at radius 2 is 1.77 bits per heavy atom. The molecule has 26 heavy (non-hydrogen) atoms. The molecule has 132 valence electrons. The number of hydrogen-bond donors (Lipinski definition) is 2. The molecule has 7 nitrogen and oxygen atoms in total. The largest absolute Gasteiger partial charge is 0.465 e. The maximum absolute atomic E-state index is 12.9. The van der Waals surface area contributed by atoms with Crippen molar-refractivity contribution in [3.8, 4) is 5.69 Å². The molecule has 0 bridgehead atoms. The lowest BCUT2D eigenvalue weighted by atomic mass is 10.2. The molecule has 2 aromatic carbocycles. The second kappa shape index (κ2) is 7.06. The van der Waals surface area contributed by atoms with E-state index >= 15 is 0 Å². The summed E-state index contributed by atoms with van der Waals surface area (Å²) in [5.41, 5.74) is 7.54. The van der Waals surface area contributed by atoms with Crippen LogP contribution < -0.4 is 11.1 Å². The van der Waals surface area contributed by atoms with Crippen molar-refractivity contribution in [3.63, 3.8) is 0 Å². The van der Waals surface area contributed by atoms with Gasteiger partial charge in [-0.25, -0.2) is 13.9 Å². The van der Waals surface area contributed by atoms with Gasteiger partial charge in [-0.2, -0.15) is 5.10 Å². The fourth-order valence-corrected chi connectivity index (χ4v) is 2.32. The number of benzene rings is 2. The first kappa shape index (κ1) is 17.2. The van der Waals surface area contributed by atoms with E-state index in [2.05, 4.69) is 15.2 Å². The molecule has 0 atom stereocenters. The van der Waals surface area contributed by atoms with Gasteiger partial charge in [-0.1, -0.05) is 0 Å². The molecule has 1 heterocycles. The molecule has 0 fully saturated rings. The first-order chi connectivity index (χ1) is 12.5. The minimum atomic E-state index is -0.580. The quantitative estimate of drug-likeness (QED) is 0.702. The first-order valence-corrected chi connectivity index (χ1v) is 7.59. The second-order valence-electron chi connectivity index (χ2n) is 5.35. The highest BCUT2D eigenvalue weighted by atomic mass is 19.1. The van der Waals surface area contributed by atoms with Gasteiger partial charge in [0.1, 0.15) is 17.2 Å². The summed E-state index contributed by atoms with van der Waals surface area (Å²) in [7, 11) is 1.26. The number of halogens is 1. The molecule has 0 saturated heterocycles. The number of ether oxygens (including phenoxy) is 1. The van der Waals surface area contributed by atoms with Crippen LogP contribution in [0, 0.1) is 5.82 Å². The van der Waals surface area contributed by atoms with Crippen LogP contribution in [0.3, 0.4) is 0 Å². The molecular formula is C18H15FN4O3. The lowest BCUT2D eigenvalue weighted by Gasteiger charge is -2.08. The van der Waals surface area contributed by atoms with Crippen LogP contribution >= 0.6 is 0 Å². The van der Waals surface area contributed by atoms with Crippen LogP contribution in [0.5, 0.6) is 0 Å². The molecule has 0 aliphatic carbocycles. The van der Waals surface area contributed by atoms with Gasteiger partial charge in [-0.05, 0) is 48.5 Å². The van der Waals surface area contributed by atoms with E-state index in [4.69, 9.17) is 5.73 Å². The fraction of sp³-hybridized carbons (Fsp3) is 0.0556. The van der Waals surface area contributed by atoms with Crippen molar-refractivity contribution in [2.45, 2.75) is 0 Å². The van der Waals surface area contributed by atoms with Crippen molar-refractivity contribution < 1.29 is 18.7 Å². The average molecular weight is 354 g/mol. The van der Waals surface area contributed by atoms with E-state index in [1.807, 2.05) is 0 Å². The third-order valence-corrected chi connectivity index (χ3v) is 3.69. The maximum Gasteiger partial charge on any atom is 0.343 e. The van der Waals surface area contributed by atoms with Gasteiger partial charge in [0.05, 0.1) is 19.0 Å². The topological polar surface area (TPSA) is 99.2 Å². The van der Waals surface area contributed by atoms with Crippen molar-refractivity contribution in [2.75, 3.05) is 18.2 Å². The summed E-state index contributed by atoms with van der Waals surface area (Å²) in [6.45, 7) is 0. The Hall–Kier alpha value is -3.68. The van der Waals surface area contributed by atoms with Gasteiger partial charge in [0.25, 0.3) is 5.91 Å². The molecule has 3 rings (SSSR count). The average Bonchev–Trinajstić information content (AvgIpc) is 3.04. The number of nitrogens with two attached hydrogens (primary N) is 1. The molecule has 0 aliphatic heterocycles. The van der Waals surface area contributed by atoms with Crippen molar-refractivity contribution in [1.29, 1.82) is 0 Å². The Balaban J connectivity index is 1.78. The number of amides is 1. The number of hydrogen-bond acceptors (Lipinski definition) is 5. The fourth-order valence-electron chi connectivity index (χ4n) is 2.32. The van der Waals surface area contributed by atoms with Gasteiger partial charge in [0.15, 0.2) is 0 Å². The zero-order chi connectivity index (χ0) is 18.7. The summed E-state index contributed by atoms with van der Waals surface area (Å²) < 4.78 is 18.9. The number of nitrogens with one attached hydrogen (secondary N) is 1. The van der Waals surface area contributed by atoms with Crippen LogP contribution in [-0.2, 0) is 4.74 Å². The highest BCUT2D eigenvalue weighted by molar-refractivity contribution is 6.04. The number of aromatic nitrogens is 2. The van der Waals surface area contributed by atoms with Crippen LogP contribution in [0.15, 0.2) is 54.7 Å². The monoisotopic (exact) mass is 354 g/mol. The lowest BCUT2D eigenvalue weighted by molar-refractivity contribution is 0.0602. The Labute approximate surface area is 148 Å².